The lowest BCUT2D eigenvalue weighted by molar-refractivity contribution is -0.519. The topological polar surface area (TPSA) is 60.2 Å². The fraction of sp³-hybridized carbons (Fsp3) is 0.462. The molecule has 1 aromatic carbocycles. The van der Waals surface area contributed by atoms with Crippen LogP contribution in [0.1, 0.15) is 35.7 Å². The summed E-state index contributed by atoms with van der Waals surface area (Å²) in [4.78, 5) is 22.5. The van der Waals surface area contributed by atoms with Gasteiger partial charge in [0, 0.05) is 29.7 Å². The molecule has 2 rings (SSSR count). The van der Waals surface area contributed by atoms with Crippen molar-refractivity contribution in [3.8, 4) is 0 Å². The highest BCUT2D eigenvalue weighted by molar-refractivity contribution is 6.00. The van der Waals surface area contributed by atoms with Gasteiger partial charge in [-0.15, -0.1) is 0 Å². The van der Waals surface area contributed by atoms with Crippen molar-refractivity contribution in [3.05, 3.63) is 45.5 Å². The van der Waals surface area contributed by atoms with Crippen LogP contribution in [0.5, 0.6) is 0 Å². The Kier molecular flexibility index (Phi) is 3.22. The maximum Gasteiger partial charge on any atom is 0.211 e. The quantitative estimate of drug-likeness (QED) is 0.595. The van der Waals surface area contributed by atoms with E-state index in [-0.39, 0.29) is 16.6 Å². The number of hydrogen-bond acceptors (Lipinski definition) is 3. The number of rotatable bonds is 3. The molecule has 0 aromatic heterocycles. The number of nitrogens with zero attached hydrogens (tertiary/aromatic N) is 1. The van der Waals surface area contributed by atoms with Gasteiger partial charge in [0.25, 0.3) is 0 Å². The molecule has 0 saturated carbocycles. The number of nitro groups is 1. The molecular weight excluding hydrogens is 218 g/mol. The number of fused-ring (bicyclic) bond motifs is 1. The molecule has 0 heterocycles. The minimum atomic E-state index is -0.644. The molecule has 0 N–H and O–H groups in total. The van der Waals surface area contributed by atoms with E-state index in [1.807, 2.05) is 24.3 Å². The van der Waals surface area contributed by atoms with Gasteiger partial charge < -0.3 is 0 Å². The number of benzene rings is 1. The smallest absolute Gasteiger partial charge is 0.211 e. The van der Waals surface area contributed by atoms with Gasteiger partial charge in [-0.25, -0.2) is 0 Å². The summed E-state index contributed by atoms with van der Waals surface area (Å²) in [5.74, 6) is -0.120. The van der Waals surface area contributed by atoms with Crippen molar-refractivity contribution in [1.82, 2.24) is 0 Å². The van der Waals surface area contributed by atoms with E-state index in [1.165, 1.54) is 0 Å². The highest BCUT2D eigenvalue weighted by Gasteiger charge is 2.30. The summed E-state index contributed by atoms with van der Waals surface area (Å²) in [5, 5.41) is 10.6. The fourth-order valence-corrected chi connectivity index (χ4v) is 2.38. The molecule has 4 nitrogen and oxygen atoms in total. The van der Waals surface area contributed by atoms with Gasteiger partial charge >= 0.3 is 0 Å². The molecular formula is C13H15NO3. The summed E-state index contributed by atoms with van der Waals surface area (Å²) in [6.07, 6.45) is 1.92. The normalized spacial score (nSPS) is 20.8. The third-order valence-electron chi connectivity index (χ3n) is 3.40. The predicted molar refractivity (Wildman–Crippen MR) is 63.7 cm³/mol. The maximum atomic E-state index is 12.2. The van der Waals surface area contributed by atoms with Gasteiger partial charge in [0.15, 0.2) is 5.78 Å². The van der Waals surface area contributed by atoms with Crippen molar-refractivity contribution < 1.29 is 9.72 Å². The summed E-state index contributed by atoms with van der Waals surface area (Å²) in [7, 11) is 0. The van der Waals surface area contributed by atoms with Crippen LogP contribution in [0.3, 0.4) is 0 Å². The van der Waals surface area contributed by atoms with Crippen molar-refractivity contribution in [2.24, 2.45) is 5.92 Å². The van der Waals surface area contributed by atoms with Gasteiger partial charge in [0.05, 0.1) is 0 Å². The monoisotopic (exact) mass is 233 g/mol. The molecule has 1 aliphatic rings. The lowest BCUT2D eigenvalue weighted by atomic mass is 9.80. The van der Waals surface area contributed by atoms with Gasteiger partial charge in [0.1, 0.15) is 0 Å². The van der Waals surface area contributed by atoms with Crippen LogP contribution in [-0.4, -0.2) is 16.7 Å². The molecule has 0 fully saturated rings. The molecule has 2 unspecified atom stereocenters. The summed E-state index contributed by atoms with van der Waals surface area (Å²) < 4.78 is 0. The average molecular weight is 233 g/mol. The molecule has 0 radical (unpaired) electrons. The first kappa shape index (κ1) is 11.8. The van der Waals surface area contributed by atoms with Crippen LogP contribution in [0.15, 0.2) is 24.3 Å². The zero-order valence-electron chi connectivity index (χ0n) is 9.76. The fourth-order valence-electron chi connectivity index (χ4n) is 2.38. The molecule has 0 spiro atoms. The minimum Gasteiger partial charge on any atom is -0.294 e. The van der Waals surface area contributed by atoms with E-state index >= 15 is 0 Å². The number of Topliss-reactive ketones (excluding diaryl/α,β-unsaturated/α-hetero) is 1. The second-order valence-electron chi connectivity index (χ2n) is 4.63. The van der Waals surface area contributed by atoms with E-state index in [2.05, 4.69) is 0 Å². The minimum absolute atomic E-state index is 0.0700. The summed E-state index contributed by atoms with van der Waals surface area (Å²) in [6.45, 7) is 1.56. The zero-order valence-corrected chi connectivity index (χ0v) is 9.76. The van der Waals surface area contributed by atoms with Crippen molar-refractivity contribution >= 4 is 5.78 Å². The lowest BCUT2D eigenvalue weighted by Crippen LogP contribution is -2.28. The highest BCUT2D eigenvalue weighted by Crippen LogP contribution is 2.28. The Morgan fingerprint density at radius 1 is 1.47 bits per heavy atom. The Bertz CT molecular complexity index is 456. The molecule has 17 heavy (non-hydrogen) atoms. The van der Waals surface area contributed by atoms with Gasteiger partial charge in [0.2, 0.25) is 6.04 Å². The van der Waals surface area contributed by atoms with Crippen molar-refractivity contribution in [2.75, 3.05) is 0 Å². The van der Waals surface area contributed by atoms with E-state index in [0.29, 0.717) is 6.42 Å². The van der Waals surface area contributed by atoms with E-state index in [1.54, 1.807) is 6.92 Å². The van der Waals surface area contributed by atoms with Crippen molar-refractivity contribution in [3.63, 3.8) is 0 Å². The average Bonchev–Trinajstić information content (AvgIpc) is 2.33. The Balaban J connectivity index is 2.15. The highest BCUT2D eigenvalue weighted by atomic mass is 16.6. The van der Waals surface area contributed by atoms with Gasteiger partial charge in [-0.2, -0.15) is 0 Å². The summed E-state index contributed by atoms with van der Waals surface area (Å²) in [5.41, 5.74) is 1.82. The molecule has 2 atom stereocenters. The standard InChI is InChI=1S/C13H15NO3/c1-9(14(16)17)8-11-7-6-10-4-2-3-5-12(10)13(11)15/h2-5,9,11H,6-8H2,1H3. The summed E-state index contributed by atoms with van der Waals surface area (Å²) in [6, 6.07) is 6.90. The van der Waals surface area contributed by atoms with Crippen molar-refractivity contribution in [1.29, 1.82) is 0 Å². The Labute approximate surface area is 99.8 Å². The van der Waals surface area contributed by atoms with E-state index in [4.69, 9.17) is 0 Å². The summed E-state index contributed by atoms with van der Waals surface area (Å²) >= 11 is 0. The first-order valence-corrected chi connectivity index (χ1v) is 5.85. The predicted octanol–water partition coefficient (Wildman–Crippen LogP) is 2.49. The molecule has 1 aromatic rings. The van der Waals surface area contributed by atoms with Crippen LogP contribution < -0.4 is 0 Å². The van der Waals surface area contributed by atoms with E-state index in [0.717, 1.165) is 24.0 Å². The number of carbonyl (C=O) groups is 1. The second-order valence-corrected chi connectivity index (χ2v) is 4.63. The number of aryl methyl sites for hydroxylation is 1. The first-order chi connectivity index (χ1) is 8.09. The Morgan fingerprint density at radius 3 is 2.88 bits per heavy atom. The second kappa shape index (κ2) is 4.65. The van der Waals surface area contributed by atoms with E-state index in [9.17, 15) is 14.9 Å². The van der Waals surface area contributed by atoms with Gasteiger partial charge in [-0.05, 0) is 18.4 Å². The molecule has 1 aliphatic carbocycles. The molecule has 90 valence electrons. The first-order valence-electron chi connectivity index (χ1n) is 5.85. The molecule has 0 bridgehead atoms. The van der Waals surface area contributed by atoms with Crippen LogP contribution in [-0.2, 0) is 6.42 Å². The van der Waals surface area contributed by atoms with Gasteiger partial charge in [-0.3, -0.25) is 14.9 Å². The van der Waals surface area contributed by atoms with Crippen LogP contribution >= 0.6 is 0 Å². The zero-order chi connectivity index (χ0) is 12.4. The van der Waals surface area contributed by atoms with E-state index < -0.39 is 6.04 Å². The third-order valence-corrected chi connectivity index (χ3v) is 3.40. The molecule has 0 aliphatic heterocycles. The van der Waals surface area contributed by atoms with Gasteiger partial charge in [-0.1, -0.05) is 24.3 Å². The number of hydrogen-bond donors (Lipinski definition) is 0. The number of carbonyl (C=O) groups excluding carboxylic acids is 1. The van der Waals surface area contributed by atoms with Crippen molar-refractivity contribution in [2.45, 2.75) is 32.2 Å². The van der Waals surface area contributed by atoms with Crippen LogP contribution in [0.4, 0.5) is 0 Å². The molecule has 4 heteroatoms. The molecule has 0 amide bonds. The maximum absolute atomic E-state index is 12.2. The Hall–Kier alpha value is -1.71. The van der Waals surface area contributed by atoms with Crippen LogP contribution in [0, 0.1) is 16.0 Å². The van der Waals surface area contributed by atoms with Crippen LogP contribution in [0.25, 0.3) is 0 Å². The Morgan fingerprint density at radius 2 is 2.18 bits per heavy atom. The third kappa shape index (κ3) is 2.35. The largest absolute Gasteiger partial charge is 0.294 e. The molecule has 0 saturated heterocycles. The van der Waals surface area contributed by atoms with Crippen LogP contribution in [0.2, 0.25) is 0 Å². The lowest BCUT2D eigenvalue weighted by Gasteiger charge is -2.23. The SMILES string of the molecule is CC(CC1CCc2ccccc2C1=O)[N+](=O)[O-]. The number of ketones is 1.